The first-order valence-electron chi connectivity index (χ1n) is 8.94. The van der Waals surface area contributed by atoms with Gasteiger partial charge in [-0.1, -0.05) is 6.92 Å². The average molecular weight is 343 g/mol. The lowest BCUT2D eigenvalue weighted by atomic mass is 10.0. The molecule has 0 bridgehead atoms. The molecule has 2 heterocycles. The van der Waals surface area contributed by atoms with Gasteiger partial charge in [-0.3, -0.25) is 4.79 Å². The van der Waals surface area contributed by atoms with Crippen molar-refractivity contribution in [2.75, 3.05) is 13.1 Å². The fourth-order valence-electron chi connectivity index (χ4n) is 3.62. The molecule has 25 heavy (non-hydrogen) atoms. The Balaban J connectivity index is 2.30. The third-order valence-electron chi connectivity index (χ3n) is 4.57. The molecule has 1 aromatic heterocycles. The summed E-state index contributed by atoms with van der Waals surface area (Å²) in [6.45, 7) is 14.1. The summed E-state index contributed by atoms with van der Waals surface area (Å²) in [4.78, 5) is 14.6. The second-order valence-electron chi connectivity index (χ2n) is 7.52. The first-order chi connectivity index (χ1) is 11.7. The zero-order valence-electron chi connectivity index (χ0n) is 16.2. The minimum absolute atomic E-state index is 0.0396. The maximum atomic E-state index is 12.9. The van der Waals surface area contributed by atoms with Gasteiger partial charge in [0, 0.05) is 31.0 Å². The number of ether oxygens (including phenoxy) is 1. The first-order valence-corrected chi connectivity index (χ1v) is 8.94. The van der Waals surface area contributed by atoms with Gasteiger partial charge in [0.2, 0.25) is 0 Å². The van der Waals surface area contributed by atoms with Gasteiger partial charge in [-0.25, -0.2) is 0 Å². The van der Waals surface area contributed by atoms with Crippen LogP contribution < -0.4 is 0 Å². The van der Waals surface area contributed by atoms with Crippen LogP contribution in [0.15, 0.2) is 11.6 Å². The van der Waals surface area contributed by atoms with E-state index in [-0.39, 0.29) is 17.6 Å². The molecular weight excluding hydrogens is 314 g/mol. The predicted molar refractivity (Wildman–Crippen MR) is 99.0 cm³/mol. The van der Waals surface area contributed by atoms with Crippen LogP contribution in [0.1, 0.15) is 51.1 Å². The van der Waals surface area contributed by atoms with Gasteiger partial charge in [0.15, 0.2) is 0 Å². The number of carbonyl (C=O) groups excluding carboxylic acids is 1. The molecular formula is C20H29N3O2. The third-order valence-corrected chi connectivity index (χ3v) is 4.57. The van der Waals surface area contributed by atoms with E-state index < -0.39 is 5.60 Å². The smallest absolute Gasteiger partial charge is 0.264 e. The zero-order valence-corrected chi connectivity index (χ0v) is 16.2. The monoisotopic (exact) mass is 343 g/mol. The molecule has 0 aliphatic carbocycles. The molecule has 136 valence electrons. The number of hydrogen-bond acceptors (Lipinski definition) is 3. The van der Waals surface area contributed by atoms with Crippen LogP contribution in [0.2, 0.25) is 0 Å². The summed E-state index contributed by atoms with van der Waals surface area (Å²) in [7, 11) is 0. The fraction of sp³-hybridized carbons (Fsp3) is 0.600. The highest BCUT2D eigenvalue weighted by molar-refractivity contribution is 6.02. The molecule has 1 fully saturated rings. The van der Waals surface area contributed by atoms with Crippen LogP contribution in [-0.2, 0) is 16.1 Å². The lowest BCUT2D eigenvalue weighted by molar-refractivity contribution is -0.154. The van der Waals surface area contributed by atoms with Crippen molar-refractivity contribution in [1.82, 2.24) is 9.47 Å². The number of amides is 1. The molecule has 1 aliphatic heterocycles. The number of aryl methyl sites for hydroxylation is 1. The lowest BCUT2D eigenvalue weighted by Crippen LogP contribution is -2.54. The second kappa shape index (κ2) is 7.45. The van der Waals surface area contributed by atoms with Crippen molar-refractivity contribution < 1.29 is 9.53 Å². The second-order valence-corrected chi connectivity index (χ2v) is 7.52. The zero-order chi connectivity index (χ0) is 18.8. The molecule has 0 N–H and O–H groups in total. The molecule has 0 radical (unpaired) electrons. The van der Waals surface area contributed by atoms with Gasteiger partial charge >= 0.3 is 0 Å². The quantitative estimate of drug-likeness (QED) is 0.621. The topological polar surface area (TPSA) is 58.3 Å². The van der Waals surface area contributed by atoms with E-state index in [1.54, 1.807) is 11.0 Å². The SMILES string of the molecule is CCCn1c(C)cc(/C=C(\C#N)C(=O)N2CC(C)OC(C)(C)C2)c1C. The number of aromatic nitrogens is 1. The molecule has 5 nitrogen and oxygen atoms in total. The Bertz CT molecular complexity index is 722. The van der Waals surface area contributed by atoms with Crippen molar-refractivity contribution in [3.05, 3.63) is 28.6 Å². The van der Waals surface area contributed by atoms with Gasteiger partial charge in [-0.15, -0.1) is 0 Å². The Labute approximate surface area is 150 Å². The van der Waals surface area contributed by atoms with E-state index >= 15 is 0 Å². The molecule has 1 saturated heterocycles. The molecule has 5 heteroatoms. The van der Waals surface area contributed by atoms with E-state index in [0.717, 1.165) is 29.9 Å². The Morgan fingerprint density at radius 1 is 1.48 bits per heavy atom. The van der Waals surface area contributed by atoms with Gasteiger partial charge in [-0.2, -0.15) is 5.26 Å². The lowest BCUT2D eigenvalue weighted by Gasteiger charge is -2.41. The Kier molecular flexibility index (Phi) is 5.74. The van der Waals surface area contributed by atoms with Crippen LogP contribution in [0.3, 0.4) is 0 Å². The van der Waals surface area contributed by atoms with Gasteiger partial charge in [0.25, 0.3) is 5.91 Å². The van der Waals surface area contributed by atoms with Gasteiger partial charge in [-0.05, 0) is 58.7 Å². The molecule has 0 spiro atoms. The highest BCUT2D eigenvalue weighted by atomic mass is 16.5. The Morgan fingerprint density at radius 3 is 2.72 bits per heavy atom. The maximum absolute atomic E-state index is 12.9. The van der Waals surface area contributed by atoms with Crippen molar-refractivity contribution in [3.8, 4) is 6.07 Å². The van der Waals surface area contributed by atoms with E-state index in [0.29, 0.717) is 13.1 Å². The maximum Gasteiger partial charge on any atom is 0.264 e. The van der Waals surface area contributed by atoms with Crippen LogP contribution in [0.4, 0.5) is 0 Å². The highest BCUT2D eigenvalue weighted by Gasteiger charge is 2.34. The summed E-state index contributed by atoms with van der Waals surface area (Å²) < 4.78 is 8.08. The normalized spacial score (nSPS) is 20.4. The summed E-state index contributed by atoms with van der Waals surface area (Å²) in [5.74, 6) is -0.217. The minimum Gasteiger partial charge on any atom is -0.369 e. The number of carbonyl (C=O) groups is 1. The highest BCUT2D eigenvalue weighted by Crippen LogP contribution is 2.24. The molecule has 1 aliphatic rings. The molecule has 0 saturated carbocycles. The summed E-state index contributed by atoms with van der Waals surface area (Å²) in [5.41, 5.74) is 2.97. The van der Waals surface area contributed by atoms with Crippen LogP contribution in [0, 0.1) is 25.2 Å². The molecule has 1 unspecified atom stereocenters. The first kappa shape index (κ1) is 19.3. The number of rotatable bonds is 4. The molecule has 1 aromatic rings. The van der Waals surface area contributed by atoms with E-state index in [4.69, 9.17) is 4.74 Å². The third kappa shape index (κ3) is 4.32. The summed E-state index contributed by atoms with van der Waals surface area (Å²) in [6, 6.07) is 4.14. The summed E-state index contributed by atoms with van der Waals surface area (Å²) in [5, 5.41) is 9.55. The van der Waals surface area contributed by atoms with Crippen molar-refractivity contribution in [3.63, 3.8) is 0 Å². The molecule has 1 amide bonds. The average Bonchev–Trinajstić information content (AvgIpc) is 2.78. The number of hydrogen-bond donors (Lipinski definition) is 0. The van der Waals surface area contributed by atoms with E-state index in [1.165, 1.54) is 0 Å². The minimum atomic E-state index is -0.398. The Morgan fingerprint density at radius 2 is 2.16 bits per heavy atom. The van der Waals surface area contributed by atoms with Crippen molar-refractivity contribution in [1.29, 1.82) is 5.26 Å². The standard InChI is InChI=1S/C20H29N3O2/c1-7-8-23-14(2)9-17(16(23)4)10-18(11-21)19(24)22-12-15(3)25-20(5,6)13-22/h9-10,15H,7-8,12-13H2,1-6H3/b18-10+. The number of nitriles is 1. The molecule has 0 aromatic carbocycles. The van der Waals surface area contributed by atoms with E-state index in [2.05, 4.69) is 24.5 Å². The van der Waals surface area contributed by atoms with Gasteiger partial charge < -0.3 is 14.2 Å². The van der Waals surface area contributed by atoms with Crippen molar-refractivity contribution in [2.24, 2.45) is 0 Å². The predicted octanol–water partition coefficient (Wildman–Crippen LogP) is 3.45. The molecule has 2 rings (SSSR count). The van der Waals surface area contributed by atoms with Crippen LogP contribution in [0.5, 0.6) is 0 Å². The molecule has 1 atom stereocenters. The van der Waals surface area contributed by atoms with Crippen LogP contribution >= 0.6 is 0 Å². The van der Waals surface area contributed by atoms with Crippen molar-refractivity contribution >= 4 is 12.0 Å². The largest absolute Gasteiger partial charge is 0.369 e. The summed E-state index contributed by atoms with van der Waals surface area (Å²) in [6.07, 6.45) is 2.73. The fourth-order valence-corrected chi connectivity index (χ4v) is 3.62. The van der Waals surface area contributed by atoms with Crippen LogP contribution in [-0.4, -0.2) is 40.2 Å². The van der Waals surface area contributed by atoms with Crippen molar-refractivity contribution in [2.45, 2.75) is 66.2 Å². The Hall–Kier alpha value is -2.06. The van der Waals surface area contributed by atoms with E-state index in [9.17, 15) is 10.1 Å². The van der Waals surface area contributed by atoms with Gasteiger partial charge in [0.1, 0.15) is 11.6 Å². The van der Waals surface area contributed by atoms with Gasteiger partial charge in [0.05, 0.1) is 11.7 Å². The summed E-state index contributed by atoms with van der Waals surface area (Å²) >= 11 is 0. The number of morpholine rings is 1. The number of nitrogens with zero attached hydrogens (tertiary/aromatic N) is 3. The van der Waals surface area contributed by atoms with E-state index in [1.807, 2.05) is 33.8 Å². The van der Waals surface area contributed by atoms with Crippen LogP contribution in [0.25, 0.3) is 6.08 Å².